The third-order valence-electron chi connectivity index (χ3n) is 2.79. The molecule has 0 aliphatic heterocycles. The van der Waals surface area contributed by atoms with E-state index in [1.165, 1.54) is 0 Å². The molecule has 6 heteroatoms. The van der Waals surface area contributed by atoms with Crippen LogP contribution in [0.4, 0.5) is 0 Å². The van der Waals surface area contributed by atoms with Crippen molar-refractivity contribution in [3.05, 3.63) is 50.1 Å². The van der Waals surface area contributed by atoms with E-state index in [2.05, 4.69) is 10.9 Å². The monoisotopic (exact) mass is 290 g/mol. The minimum atomic E-state index is -0.710. The van der Waals surface area contributed by atoms with E-state index in [1.807, 2.05) is 0 Å². The molecule has 1 heterocycles. The van der Waals surface area contributed by atoms with Crippen LogP contribution in [0.1, 0.15) is 6.42 Å². The Morgan fingerprint density at radius 2 is 2.05 bits per heavy atom. The fourth-order valence-electron chi connectivity index (χ4n) is 1.85. The Morgan fingerprint density at radius 3 is 2.70 bits per heavy atom. The second-order valence-corrected chi connectivity index (χ2v) is 4.45. The summed E-state index contributed by atoms with van der Waals surface area (Å²) >= 11 is 6.02. The summed E-state index contributed by atoms with van der Waals surface area (Å²) in [4.78, 5) is 25.7. The van der Waals surface area contributed by atoms with Crippen LogP contribution >= 0.6 is 11.6 Å². The van der Waals surface area contributed by atoms with Crippen molar-refractivity contribution in [1.29, 1.82) is 0 Å². The zero-order valence-electron chi connectivity index (χ0n) is 10.4. The van der Waals surface area contributed by atoms with E-state index in [0.717, 1.165) is 4.57 Å². The number of nitrogens with zero attached hydrogens (tertiary/aromatic N) is 1. The standard InChI is InChI=1S/C14H11ClN2O3/c1-2-3-8-17-13(19)11(12(18)16-14(17)20)9-6-4-5-7-10(9)15/h1,4-7,19H,3,8H2,(H,16,18,20). The van der Waals surface area contributed by atoms with Crippen molar-refractivity contribution in [3.63, 3.8) is 0 Å². The van der Waals surface area contributed by atoms with Gasteiger partial charge in [-0.2, -0.15) is 0 Å². The van der Waals surface area contributed by atoms with Crippen molar-refractivity contribution in [2.45, 2.75) is 13.0 Å². The third-order valence-corrected chi connectivity index (χ3v) is 3.12. The van der Waals surface area contributed by atoms with Gasteiger partial charge in [-0.1, -0.05) is 29.8 Å². The predicted octanol–water partition coefficient (Wildman–Crippen LogP) is 1.59. The summed E-state index contributed by atoms with van der Waals surface area (Å²) < 4.78 is 1.01. The highest BCUT2D eigenvalue weighted by Crippen LogP contribution is 2.30. The molecule has 0 radical (unpaired) electrons. The largest absolute Gasteiger partial charge is 0.494 e. The second kappa shape index (κ2) is 5.68. The number of nitrogens with one attached hydrogen (secondary N) is 1. The molecule has 0 unspecified atom stereocenters. The molecule has 0 aliphatic rings. The van der Waals surface area contributed by atoms with Crippen molar-refractivity contribution >= 4 is 11.6 Å². The maximum Gasteiger partial charge on any atom is 0.331 e. The number of aromatic nitrogens is 2. The Bertz CT molecular complexity index is 799. The van der Waals surface area contributed by atoms with E-state index < -0.39 is 17.1 Å². The first-order valence-electron chi connectivity index (χ1n) is 5.80. The molecule has 0 bridgehead atoms. The molecular formula is C14H11ClN2O3. The first-order chi connectivity index (χ1) is 9.56. The van der Waals surface area contributed by atoms with Gasteiger partial charge in [0.1, 0.15) is 5.56 Å². The van der Waals surface area contributed by atoms with E-state index in [0.29, 0.717) is 10.6 Å². The number of hydrogen-bond acceptors (Lipinski definition) is 3. The molecule has 2 rings (SSSR count). The van der Waals surface area contributed by atoms with Crippen molar-refractivity contribution in [2.24, 2.45) is 0 Å². The van der Waals surface area contributed by atoms with E-state index in [-0.39, 0.29) is 18.5 Å². The fraction of sp³-hybridized carbons (Fsp3) is 0.143. The minimum absolute atomic E-state index is 0.0489. The van der Waals surface area contributed by atoms with Gasteiger partial charge in [0.15, 0.2) is 0 Å². The lowest BCUT2D eigenvalue weighted by Crippen LogP contribution is -2.31. The topological polar surface area (TPSA) is 75.1 Å². The molecule has 0 saturated heterocycles. The van der Waals surface area contributed by atoms with Crippen LogP contribution in [0.25, 0.3) is 11.1 Å². The number of benzene rings is 1. The Morgan fingerprint density at radius 1 is 1.35 bits per heavy atom. The minimum Gasteiger partial charge on any atom is -0.494 e. The average Bonchev–Trinajstić information content (AvgIpc) is 2.40. The molecule has 0 fully saturated rings. The highest BCUT2D eigenvalue weighted by atomic mass is 35.5. The van der Waals surface area contributed by atoms with Crippen LogP contribution in [0.3, 0.4) is 0 Å². The summed E-state index contributed by atoms with van der Waals surface area (Å²) in [6.45, 7) is 0.107. The Kier molecular flexibility index (Phi) is 3.97. The summed E-state index contributed by atoms with van der Waals surface area (Å²) in [7, 11) is 0. The van der Waals surface area contributed by atoms with Gasteiger partial charge in [-0.25, -0.2) is 4.79 Å². The number of aromatic hydroxyl groups is 1. The number of rotatable bonds is 3. The van der Waals surface area contributed by atoms with Gasteiger partial charge in [-0.15, -0.1) is 12.3 Å². The predicted molar refractivity (Wildman–Crippen MR) is 76.9 cm³/mol. The Hall–Kier alpha value is -2.45. The van der Waals surface area contributed by atoms with Crippen molar-refractivity contribution < 1.29 is 5.11 Å². The average molecular weight is 291 g/mol. The normalized spacial score (nSPS) is 10.2. The molecule has 0 spiro atoms. The molecule has 0 saturated carbocycles. The Labute approximate surface area is 119 Å². The molecule has 1 aromatic heterocycles. The fourth-order valence-corrected chi connectivity index (χ4v) is 2.08. The van der Waals surface area contributed by atoms with Crippen molar-refractivity contribution in [2.75, 3.05) is 0 Å². The van der Waals surface area contributed by atoms with Gasteiger partial charge in [0.05, 0.1) is 0 Å². The van der Waals surface area contributed by atoms with E-state index in [1.54, 1.807) is 24.3 Å². The quantitative estimate of drug-likeness (QED) is 0.843. The molecule has 2 N–H and O–H groups in total. The highest BCUT2D eigenvalue weighted by molar-refractivity contribution is 6.33. The number of terminal acetylenes is 1. The summed E-state index contributed by atoms with van der Waals surface area (Å²) in [5, 5.41) is 10.5. The number of H-pyrrole nitrogens is 1. The molecule has 0 aliphatic carbocycles. The van der Waals surface area contributed by atoms with Crippen LogP contribution in [0.5, 0.6) is 5.88 Å². The molecule has 1 aromatic carbocycles. The lowest BCUT2D eigenvalue weighted by atomic mass is 10.1. The number of aromatic amines is 1. The van der Waals surface area contributed by atoms with Crippen LogP contribution < -0.4 is 11.2 Å². The van der Waals surface area contributed by atoms with Gasteiger partial charge in [0, 0.05) is 23.6 Å². The van der Waals surface area contributed by atoms with Crippen molar-refractivity contribution in [1.82, 2.24) is 9.55 Å². The highest BCUT2D eigenvalue weighted by Gasteiger charge is 2.17. The number of hydrogen-bond donors (Lipinski definition) is 2. The van der Waals surface area contributed by atoms with Crippen LogP contribution in [-0.2, 0) is 6.54 Å². The lowest BCUT2D eigenvalue weighted by Gasteiger charge is -2.11. The van der Waals surface area contributed by atoms with E-state index >= 15 is 0 Å². The smallest absolute Gasteiger partial charge is 0.331 e. The SMILES string of the molecule is C#CCCn1c(O)c(-c2ccccc2Cl)c(=O)[nH]c1=O. The van der Waals surface area contributed by atoms with E-state index in [4.69, 9.17) is 18.0 Å². The summed E-state index contributed by atoms with van der Waals surface area (Å²) in [5.41, 5.74) is -1.11. The molecular weight excluding hydrogens is 280 g/mol. The molecule has 0 atom stereocenters. The van der Waals surface area contributed by atoms with Gasteiger partial charge in [0.2, 0.25) is 5.88 Å². The summed E-state index contributed by atoms with van der Waals surface area (Å²) in [5.74, 6) is 1.92. The van der Waals surface area contributed by atoms with Crippen molar-refractivity contribution in [3.8, 4) is 29.4 Å². The van der Waals surface area contributed by atoms with Crippen LogP contribution in [0, 0.1) is 12.3 Å². The molecule has 2 aromatic rings. The molecule has 102 valence electrons. The maximum absolute atomic E-state index is 11.9. The zero-order chi connectivity index (χ0) is 14.7. The first-order valence-corrected chi connectivity index (χ1v) is 6.18. The summed E-state index contributed by atoms with van der Waals surface area (Å²) in [6.07, 6.45) is 5.39. The van der Waals surface area contributed by atoms with Gasteiger partial charge in [-0.3, -0.25) is 14.3 Å². The molecule has 5 nitrogen and oxygen atoms in total. The van der Waals surface area contributed by atoms with Gasteiger partial charge in [-0.05, 0) is 6.07 Å². The second-order valence-electron chi connectivity index (χ2n) is 4.04. The first kappa shape index (κ1) is 14.0. The maximum atomic E-state index is 11.9. The van der Waals surface area contributed by atoms with Crippen LogP contribution in [0.15, 0.2) is 33.9 Å². The Balaban J connectivity index is 2.72. The van der Waals surface area contributed by atoms with Gasteiger partial charge < -0.3 is 5.11 Å². The molecule has 20 heavy (non-hydrogen) atoms. The van der Waals surface area contributed by atoms with E-state index in [9.17, 15) is 14.7 Å². The lowest BCUT2D eigenvalue weighted by molar-refractivity contribution is 0.404. The summed E-state index contributed by atoms with van der Waals surface area (Å²) in [6, 6.07) is 6.55. The third kappa shape index (κ3) is 2.46. The van der Waals surface area contributed by atoms with Gasteiger partial charge >= 0.3 is 5.69 Å². The van der Waals surface area contributed by atoms with Crippen LogP contribution in [-0.4, -0.2) is 14.7 Å². The van der Waals surface area contributed by atoms with Crippen LogP contribution in [0.2, 0.25) is 5.02 Å². The number of halogens is 1. The van der Waals surface area contributed by atoms with Gasteiger partial charge in [0.25, 0.3) is 5.56 Å². The molecule has 0 amide bonds. The zero-order valence-corrected chi connectivity index (χ0v) is 11.1.